The smallest absolute Gasteiger partial charge is 0.336 e. The molecular weight excluding hydrogens is 256 g/mol. The molecule has 0 aliphatic carbocycles. The van der Waals surface area contributed by atoms with E-state index >= 15 is 0 Å². The summed E-state index contributed by atoms with van der Waals surface area (Å²) in [5.41, 5.74) is 1.98. The Kier molecular flexibility index (Phi) is 4.23. The second-order valence-corrected chi connectivity index (χ2v) is 4.97. The van der Waals surface area contributed by atoms with E-state index in [4.69, 9.17) is 9.15 Å². The third kappa shape index (κ3) is 3.07. The Bertz CT molecular complexity index is 697. The van der Waals surface area contributed by atoms with Crippen LogP contribution in [0, 0.1) is 6.92 Å². The molecule has 0 amide bonds. The molecule has 0 saturated heterocycles. The van der Waals surface area contributed by atoms with E-state index in [1.807, 2.05) is 26.0 Å². The molecular formula is C16H18O4. The fourth-order valence-corrected chi connectivity index (χ4v) is 2.23. The topological polar surface area (TPSA) is 56.5 Å². The average Bonchev–Trinajstić information content (AvgIpc) is 2.35. The molecule has 20 heavy (non-hydrogen) atoms. The van der Waals surface area contributed by atoms with Gasteiger partial charge in [0.05, 0.1) is 5.39 Å². The van der Waals surface area contributed by atoms with E-state index in [9.17, 15) is 9.59 Å². The standard InChI is InChI=1S/C16H18O4/c1-4-5-12-8-15(18)20-14-7-10(2)6-13(16(12)14)19-9-11(3)17/h6-8H,4-5,9H2,1-3H3. The lowest BCUT2D eigenvalue weighted by atomic mass is 10.0. The lowest BCUT2D eigenvalue weighted by Gasteiger charge is -2.12. The van der Waals surface area contributed by atoms with Gasteiger partial charge in [-0.15, -0.1) is 0 Å². The maximum Gasteiger partial charge on any atom is 0.336 e. The molecule has 2 aromatic rings. The first kappa shape index (κ1) is 14.3. The Balaban J connectivity index is 2.64. The van der Waals surface area contributed by atoms with Crippen molar-refractivity contribution in [3.63, 3.8) is 0 Å². The van der Waals surface area contributed by atoms with Gasteiger partial charge >= 0.3 is 5.63 Å². The quantitative estimate of drug-likeness (QED) is 0.786. The number of fused-ring (bicyclic) bond motifs is 1. The molecule has 0 aliphatic rings. The zero-order valence-corrected chi connectivity index (χ0v) is 12.0. The van der Waals surface area contributed by atoms with Crippen molar-refractivity contribution in [1.82, 2.24) is 0 Å². The van der Waals surface area contributed by atoms with Crippen molar-refractivity contribution in [3.05, 3.63) is 39.7 Å². The summed E-state index contributed by atoms with van der Waals surface area (Å²) in [6.45, 7) is 5.44. The first-order valence-electron chi connectivity index (χ1n) is 6.71. The van der Waals surface area contributed by atoms with Crippen molar-refractivity contribution in [2.75, 3.05) is 6.61 Å². The molecule has 0 fully saturated rings. The van der Waals surface area contributed by atoms with Crippen LogP contribution < -0.4 is 10.4 Å². The minimum Gasteiger partial charge on any atom is -0.485 e. The van der Waals surface area contributed by atoms with Crippen LogP contribution >= 0.6 is 0 Å². The van der Waals surface area contributed by atoms with Crippen LogP contribution in [0.1, 0.15) is 31.4 Å². The number of aryl methyl sites for hydroxylation is 2. The van der Waals surface area contributed by atoms with E-state index in [2.05, 4.69) is 0 Å². The van der Waals surface area contributed by atoms with Crippen molar-refractivity contribution in [3.8, 4) is 5.75 Å². The largest absolute Gasteiger partial charge is 0.485 e. The van der Waals surface area contributed by atoms with Gasteiger partial charge in [-0.1, -0.05) is 13.3 Å². The van der Waals surface area contributed by atoms with Gasteiger partial charge in [-0.3, -0.25) is 4.79 Å². The highest BCUT2D eigenvalue weighted by atomic mass is 16.5. The van der Waals surface area contributed by atoms with E-state index in [-0.39, 0.29) is 18.0 Å². The lowest BCUT2D eigenvalue weighted by Crippen LogP contribution is -2.08. The first-order valence-corrected chi connectivity index (χ1v) is 6.71. The molecule has 4 heteroatoms. The van der Waals surface area contributed by atoms with Gasteiger partial charge in [0.25, 0.3) is 0 Å². The molecule has 2 rings (SSSR count). The normalized spacial score (nSPS) is 10.8. The third-order valence-electron chi connectivity index (χ3n) is 2.98. The summed E-state index contributed by atoms with van der Waals surface area (Å²) >= 11 is 0. The van der Waals surface area contributed by atoms with Gasteiger partial charge in [0.15, 0.2) is 5.78 Å². The molecule has 4 nitrogen and oxygen atoms in total. The molecule has 1 aromatic heterocycles. The van der Waals surface area contributed by atoms with Crippen molar-refractivity contribution < 1.29 is 13.9 Å². The van der Waals surface area contributed by atoms with Crippen LogP contribution in [0.25, 0.3) is 11.0 Å². The zero-order chi connectivity index (χ0) is 14.7. The van der Waals surface area contributed by atoms with E-state index in [0.717, 1.165) is 29.4 Å². The van der Waals surface area contributed by atoms with E-state index in [1.54, 1.807) is 0 Å². The van der Waals surface area contributed by atoms with Crippen LogP contribution in [0.3, 0.4) is 0 Å². The predicted molar refractivity (Wildman–Crippen MR) is 77.4 cm³/mol. The summed E-state index contributed by atoms with van der Waals surface area (Å²) in [6.07, 6.45) is 1.68. The molecule has 0 radical (unpaired) electrons. The number of carbonyl (C=O) groups is 1. The Morgan fingerprint density at radius 2 is 2.05 bits per heavy atom. The van der Waals surface area contributed by atoms with Gasteiger partial charge in [0.1, 0.15) is 17.9 Å². The minimum absolute atomic E-state index is 0.0171. The highest BCUT2D eigenvalue weighted by molar-refractivity contribution is 5.88. The van der Waals surface area contributed by atoms with Crippen LogP contribution in [-0.4, -0.2) is 12.4 Å². The number of benzene rings is 1. The Labute approximate surface area is 117 Å². The number of hydrogen-bond donors (Lipinski definition) is 0. The fraction of sp³-hybridized carbons (Fsp3) is 0.375. The van der Waals surface area contributed by atoms with E-state index in [1.165, 1.54) is 13.0 Å². The maximum atomic E-state index is 11.6. The van der Waals surface area contributed by atoms with Crippen molar-refractivity contribution in [2.24, 2.45) is 0 Å². The summed E-state index contributed by atoms with van der Waals surface area (Å²) < 4.78 is 10.8. The molecule has 0 spiro atoms. The molecule has 0 aliphatic heterocycles. The second-order valence-electron chi connectivity index (χ2n) is 4.97. The molecule has 106 valence electrons. The van der Waals surface area contributed by atoms with Gasteiger partial charge in [0.2, 0.25) is 0 Å². The SMILES string of the molecule is CCCc1cc(=O)oc2cc(C)cc(OCC(C)=O)c12. The summed E-state index contributed by atoms with van der Waals surface area (Å²) in [5.74, 6) is 0.552. The van der Waals surface area contributed by atoms with Crippen LogP contribution in [0.5, 0.6) is 5.75 Å². The molecule has 1 heterocycles. The minimum atomic E-state index is -0.357. The van der Waals surface area contributed by atoms with Crippen LogP contribution in [0.15, 0.2) is 27.4 Å². The number of hydrogen-bond acceptors (Lipinski definition) is 4. The second kappa shape index (κ2) is 5.90. The van der Waals surface area contributed by atoms with Crippen LogP contribution in [0.2, 0.25) is 0 Å². The van der Waals surface area contributed by atoms with Gasteiger partial charge < -0.3 is 9.15 Å². The number of Topliss-reactive ketones (excluding diaryl/α,β-unsaturated/α-hetero) is 1. The molecule has 0 saturated carbocycles. The van der Waals surface area contributed by atoms with Crippen molar-refractivity contribution >= 4 is 16.8 Å². The fourth-order valence-electron chi connectivity index (χ4n) is 2.23. The van der Waals surface area contributed by atoms with Crippen LogP contribution in [0.4, 0.5) is 0 Å². The Hall–Kier alpha value is -2.10. The average molecular weight is 274 g/mol. The maximum absolute atomic E-state index is 11.6. The zero-order valence-electron chi connectivity index (χ0n) is 12.0. The van der Waals surface area contributed by atoms with Gasteiger partial charge in [0, 0.05) is 6.07 Å². The van der Waals surface area contributed by atoms with Gasteiger partial charge in [-0.2, -0.15) is 0 Å². The molecule has 0 atom stereocenters. The summed E-state index contributed by atoms with van der Waals surface area (Å²) in [7, 11) is 0. The molecule has 0 bridgehead atoms. The highest BCUT2D eigenvalue weighted by Gasteiger charge is 2.12. The highest BCUT2D eigenvalue weighted by Crippen LogP contribution is 2.30. The van der Waals surface area contributed by atoms with Crippen molar-refractivity contribution in [2.45, 2.75) is 33.6 Å². The molecule has 0 N–H and O–H groups in total. The lowest BCUT2D eigenvalue weighted by molar-refractivity contribution is -0.118. The molecule has 0 unspecified atom stereocenters. The third-order valence-corrected chi connectivity index (χ3v) is 2.98. The number of ketones is 1. The van der Waals surface area contributed by atoms with Crippen LogP contribution in [-0.2, 0) is 11.2 Å². The van der Waals surface area contributed by atoms with Gasteiger partial charge in [-0.25, -0.2) is 4.79 Å². The van der Waals surface area contributed by atoms with E-state index in [0.29, 0.717) is 11.3 Å². The number of rotatable bonds is 5. The predicted octanol–water partition coefficient (Wildman–Crippen LogP) is 3.02. The number of ether oxygens (including phenoxy) is 1. The Morgan fingerprint density at radius 3 is 2.70 bits per heavy atom. The van der Waals surface area contributed by atoms with Gasteiger partial charge in [-0.05, 0) is 43.5 Å². The first-order chi connectivity index (χ1) is 9.51. The summed E-state index contributed by atoms with van der Waals surface area (Å²) in [6, 6.07) is 5.18. The summed E-state index contributed by atoms with van der Waals surface area (Å²) in [5, 5.41) is 0.790. The molecule has 1 aromatic carbocycles. The van der Waals surface area contributed by atoms with Crippen molar-refractivity contribution in [1.29, 1.82) is 0 Å². The van der Waals surface area contributed by atoms with E-state index < -0.39 is 0 Å². The number of carbonyl (C=O) groups excluding carboxylic acids is 1. The monoisotopic (exact) mass is 274 g/mol. The Morgan fingerprint density at radius 1 is 1.30 bits per heavy atom. The summed E-state index contributed by atoms with van der Waals surface area (Å²) in [4.78, 5) is 22.7.